The van der Waals surface area contributed by atoms with Crippen LogP contribution in [-0.4, -0.2) is 34.2 Å². The van der Waals surface area contributed by atoms with Crippen LogP contribution in [0.5, 0.6) is 5.75 Å². The Labute approximate surface area is 196 Å². The average molecular weight is 470 g/mol. The number of nitrogens with one attached hydrogen (secondary N) is 1. The molecule has 3 rings (SSSR count). The Morgan fingerprint density at radius 3 is 2.44 bits per heavy atom. The van der Waals surface area contributed by atoms with E-state index in [1.165, 1.54) is 48.8 Å². The molecule has 8 heteroatoms. The summed E-state index contributed by atoms with van der Waals surface area (Å²) >= 11 is 2.56. The van der Waals surface area contributed by atoms with Crippen molar-refractivity contribution in [3.05, 3.63) is 65.7 Å². The van der Waals surface area contributed by atoms with Crippen LogP contribution in [-0.2, 0) is 0 Å². The molecule has 0 spiro atoms. The smallest absolute Gasteiger partial charge is 0.257 e. The molecule has 0 saturated carbocycles. The van der Waals surface area contributed by atoms with Gasteiger partial charge in [0, 0.05) is 11.1 Å². The molecule has 1 amide bonds. The van der Waals surface area contributed by atoms with Crippen LogP contribution < -0.4 is 10.1 Å². The quantitative estimate of drug-likeness (QED) is 0.141. The Bertz CT molecular complexity index is 991. The van der Waals surface area contributed by atoms with Gasteiger partial charge >= 0.3 is 0 Å². The average Bonchev–Trinajstić information content (AvgIpc) is 3.28. The van der Waals surface area contributed by atoms with Crippen molar-refractivity contribution in [1.29, 1.82) is 0 Å². The van der Waals surface area contributed by atoms with Crippen molar-refractivity contribution in [1.82, 2.24) is 10.2 Å². The number of benzene rings is 2. The zero-order valence-corrected chi connectivity index (χ0v) is 19.7. The fourth-order valence-corrected chi connectivity index (χ4v) is 4.56. The number of carbonyl (C=O) groups excluding carboxylic acids is 2. The summed E-state index contributed by atoms with van der Waals surface area (Å²) in [5, 5.41) is 11.2. The third-order valence-corrected chi connectivity index (χ3v) is 6.65. The molecule has 0 aliphatic carbocycles. The minimum atomic E-state index is -0.260. The monoisotopic (exact) mass is 469 g/mol. The highest BCUT2D eigenvalue weighted by molar-refractivity contribution is 8.01. The first-order valence-corrected chi connectivity index (χ1v) is 12.5. The fourth-order valence-electron chi connectivity index (χ4n) is 2.92. The molecule has 1 heterocycles. The molecule has 168 valence electrons. The first kappa shape index (κ1) is 23.9. The van der Waals surface area contributed by atoms with E-state index in [0.29, 0.717) is 27.2 Å². The minimum Gasteiger partial charge on any atom is -0.494 e. The molecule has 0 atom stereocenters. The number of carbonyl (C=O) groups is 2. The lowest BCUT2D eigenvalue weighted by molar-refractivity contribution is 0.101. The zero-order chi connectivity index (χ0) is 22.6. The van der Waals surface area contributed by atoms with Crippen molar-refractivity contribution >= 4 is 39.9 Å². The molecular weight excluding hydrogens is 442 g/mol. The van der Waals surface area contributed by atoms with E-state index in [9.17, 15) is 9.59 Å². The molecule has 6 nitrogen and oxygen atoms in total. The maximum Gasteiger partial charge on any atom is 0.257 e. The molecule has 0 saturated heterocycles. The second-order valence-electron chi connectivity index (χ2n) is 7.19. The van der Waals surface area contributed by atoms with Crippen molar-refractivity contribution in [3.8, 4) is 5.75 Å². The van der Waals surface area contributed by atoms with Gasteiger partial charge in [0.15, 0.2) is 10.1 Å². The lowest BCUT2D eigenvalue weighted by Gasteiger charge is -2.07. The van der Waals surface area contributed by atoms with Gasteiger partial charge in [-0.15, -0.1) is 10.2 Å². The van der Waals surface area contributed by atoms with Gasteiger partial charge in [0.05, 0.1) is 12.4 Å². The van der Waals surface area contributed by atoms with Gasteiger partial charge in [-0.05, 0) is 30.7 Å². The number of rotatable bonds is 13. The Morgan fingerprint density at radius 1 is 0.938 bits per heavy atom. The maximum absolute atomic E-state index is 12.5. The molecule has 0 aliphatic rings. The van der Waals surface area contributed by atoms with E-state index in [-0.39, 0.29) is 17.4 Å². The lowest BCUT2D eigenvalue weighted by atomic mass is 10.2. The van der Waals surface area contributed by atoms with Gasteiger partial charge in [0.2, 0.25) is 5.13 Å². The number of nitrogens with zero attached hydrogens (tertiary/aromatic N) is 2. The molecular formula is C24H27N3O3S2. The summed E-state index contributed by atoms with van der Waals surface area (Å²) in [6.45, 7) is 2.89. The van der Waals surface area contributed by atoms with Crippen LogP contribution in [0.15, 0.2) is 58.9 Å². The van der Waals surface area contributed by atoms with Crippen LogP contribution in [0.1, 0.15) is 59.7 Å². The first-order valence-electron chi connectivity index (χ1n) is 10.7. The summed E-state index contributed by atoms with van der Waals surface area (Å²) in [5.41, 5.74) is 1.19. The fraction of sp³-hybridized carbons (Fsp3) is 0.333. The lowest BCUT2D eigenvalue weighted by Crippen LogP contribution is -2.11. The molecule has 32 heavy (non-hydrogen) atoms. The molecule has 0 bridgehead atoms. The van der Waals surface area contributed by atoms with Crippen molar-refractivity contribution in [2.24, 2.45) is 0 Å². The third-order valence-electron chi connectivity index (χ3n) is 4.68. The number of amides is 1. The summed E-state index contributed by atoms with van der Waals surface area (Å²) in [7, 11) is 0. The summed E-state index contributed by atoms with van der Waals surface area (Å²) in [4.78, 5) is 24.7. The predicted octanol–water partition coefficient (Wildman–Crippen LogP) is 6.11. The largest absolute Gasteiger partial charge is 0.494 e. The Morgan fingerprint density at radius 2 is 1.69 bits per heavy atom. The topological polar surface area (TPSA) is 81.2 Å². The first-order chi connectivity index (χ1) is 15.7. The standard InChI is InChI=1S/C24H27N3O3S2/c1-2-3-4-5-9-16-30-20-14-12-19(13-15-20)22(29)25-23-26-27-24(32-23)31-17-21(28)18-10-7-6-8-11-18/h6-8,10-15H,2-5,9,16-17H2,1H3,(H,25,26,29). The van der Waals surface area contributed by atoms with Crippen molar-refractivity contribution in [2.45, 2.75) is 43.4 Å². The summed E-state index contributed by atoms with van der Waals surface area (Å²) in [6, 6.07) is 16.2. The zero-order valence-electron chi connectivity index (χ0n) is 18.1. The number of hydrogen-bond acceptors (Lipinski definition) is 7. The van der Waals surface area contributed by atoms with E-state index < -0.39 is 0 Å². The van der Waals surface area contributed by atoms with Crippen LogP contribution in [0.2, 0.25) is 0 Å². The van der Waals surface area contributed by atoms with Gasteiger partial charge in [-0.1, -0.05) is 86.0 Å². The third kappa shape index (κ3) is 7.76. The molecule has 2 aromatic carbocycles. The van der Waals surface area contributed by atoms with Crippen LogP contribution in [0.3, 0.4) is 0 Å². The van der Waals surface area contributed by atoms with E-state index >= 15 is 0 Å². The molecule has 1 aromatic heterocycles. The van der Waals surface area contributed by atoms with E-state index in [2.05, 4.69) is 22.4 Å². The van der Waals surface area contributed by atoms with Crippen molar-refractivity contribution in [3.63, 3.8) is 0 Å². The van der Waals surface area contributed by atoms with Gasteiger partial charge in [-0.3, -0.25) is 14.9 Å². The van der Waals surface area contributed by atoms with Gasteiger partial charge in [0.25, 0.3) is 5.91 Å². The van der Waals surface area contributed by atoms with Crippen LogP contribution in [0.25, 0.3) is 0 Å². The molecule has 3 aromatic rings. The van der Waals surface area contributed by atoms with Crippen LogP contribution in [0, 0.1) is 0 Å². The Kier molecular flexibility index (Phi) is 9.71. The second kappa shape index (κ2) is 13.0. The van der Waals surface area contributed by atoms with Crippen molar-refractivity contribution < 1.29 is 14.3 Å². The number of ether oxygens (including phenoxy) is 1. The number of anilines is 1. The number of unbranched alkanes of at least 4 members (excludes halogenated alkanes) is 4. The predicted molar refractivity (Wildman–Crippen MR) is 130 cm³/mol. The van der Waals surface area contributed by atoms with Crippen LogP contribution in [0.4, 0.5) is 5.13 Å². The highest BCUT2D eigenvalue weighted by Crippen LogP contribution is 2.26. The summed E-state index contributed by atoms with van der Waals surface area (Å²) < 4.78 is 6.37. The normalized spacial score (nSPS) is 10.7. The maximum atomic E-state index is 12.5. The highest BCUT2D eigenvalue weighted by atomic mass is 32.2. The molecule has 0 aliphatic heterocycles. The molecule has 0 radical (unpaired) electrons. The van der Waals surface area contributed by atoms with Crippen LogP contribution >= 0.6 is 23.1 Å². The number of Topliss-reactive ketones (excluding diaryl/α,β-unsaturated/α-hetero) is 1. The van der Waals surface area contributed by atoms with E-state index in [4.69, 9.17) is 4.74 Å². The van der Waals surface area contributed by atoms with Gasteiger partial charge in [-0.25, -0.2) is 0 Å². The van der Waals surface area contributed by atoms with Gasteiger partial charge in [-0.2, -0.15) is 0 Å². The number of ketones is 1. The van der Waals surface area contributed by atoms with Gasteiger partial charge in [0.1, 0.15) is 5.75 Å². The van der Waals surface area contributed by atoms with E-state index in [1.807, 2.05) is 18.2 Å². The summed E-state index contributed by atoms with van der Waals surface area (Å²) in [6.07, 6.45) is 5.96. The second-order valence-corrected chi connectivity index (χ2v) is 9.39. The Hall–Kier alpha value is -2.71. The number of aromatic nitrogens is 2. The van der Waals surface area contributed by atoms with Gasteiger partial charge < -0.3 is 4.74 Å². The molecule has 0 unspecified atom stereocenters. The highest BCUT2D eigenvalue weighted by Gasteiger charge is 2.13. The molecule has 0 fully saturated rings. The van der Waals surface area contributed by atoms with E-state index in [0.717, 1.165) is 12.2 Å². The minimum absolute atomic E-state index is 0.0275. The SMILES string of the molecule is CCCCCCCOc1ccc(C(=O)Nc2nnc(SCC(=O)c3ccccc3)s2)cc1. The molecule has 1 N–H and O–H groups in total. The number of hydrogen-bond donors (Lipinski definition) is 1. The Balaban J connectivity index is 1.42. The number of thioether (sulfide) groups is 1. The van der Waals surface area contributed by atoms with Crippen molar-refractivity contribution in [2.75, 3.05) is 17.7 Å². The summed E-state index contributed by atoms with van der Waals surface area (Å²) in [5.74, 6) is 0.797. The van der Waals surface area contributed by atoms with E-state index in [1.54, 1.807) is 36.4 Å².